The summed E-state index contributed by atoms with van der Waals surface area (Å²) in [4.78, 5) is 0. The van der Waals surface area contributed by atoms with Crippen molar-refractivity contribution in [1.82, 2.24) is 5.32 Å². The molecular formula is C11H18N2O4S2. The van der Waals surface area contributed by atoms with Crippen LogP contribution in [0.5, 0.6) is 0 Å². The maximum atomic E-state index is 11.7. The zero-order chi connectivity index (χ0) is 14.5. The Labute approximate surface area is 114 Å². The van der Waals surface area contributed by atoms with E-state index >= 15 is 0 Å². The molecule has 19 heavy (non-hydrogen) atoms. The van der Waals surface area contributed by atoms with Gasteiger partial charge in [0, 0.05) is 18.5 Å². The number of sulfone groups is 1. The zero-order valence-electron chi connectivity index (χ0n) is 10.9. The number of anilines is 1. The molecule has 8 heteroatoms. The number of rotatable bonds is 7. The Morgan fingerprint density at radius 1 is 1.11 bits per heavy atom. The number of hydrogen-bond acceptors (Lipinski definition) is 5. The van der Waals surface area contributed by atoms with Gasteiger partial charge in [-0.3, -0.25) is 4.72 Å². The highest BCUT2D eigenvalue weighted by Gasteiger charge is 2.14. The van der Waals surface area contributed by atoms with E-state index in [0.717, 1.165) is 11.8 Å². The van der Waals surface area contributed by atoms with Crippen molar-refractivity contribution in [3.8, 4) is 0 Å². The first-order valence-corrected chi connectivity index (χ1v) is 9.35. The Morgan fingerprint density at radius 3 is 2.37 bits per heavy atom. The smallest absolute Gasteiger partial charge is 0.233 e. The molecule has 0 atom stereocenters. The van der Waals surface area contributed by atoms with Crippen molar-refractivity contribution < 1.29 is 16.8 Å². The molecule has 0 bridgehead atoms. The summed E-state index contributed by atoms with van der Waals surface area (Å²) in [5.41, 5.74) is 1.37. The van der Waals surface area contributed by atoms with E-state index in [1.54, 1.807) is 25.2 Å². The third kappa shape index (κ3) is 6.55. The summed E-state index contributed by atoms with van der Waals surface area (Å²) in [5.74, 6) is -0.833. The second-order valence-corrected chi connectivity index (χ2v) is 8.38. The summed E-state index contributed by atoms with van der Waals surface area (Å²) >= 11 is 0. The second-order valence-electron chi connectivity index (χ2n) is 4.28. The van der Waals surface area contributed by atoms with Gasteiger partial charge in [-0.25, -0.2) is 16.8 Å². The first-order chi connectivity index (χ1) is 8.72. The number of nitrogens with one attached hydrogen (secondary N) is 2. The topological polar surface area (TPSA) is 92.3 Å². The third-order valence-corrected chi connectivity index (χ3v) is 4.80. The van der Waals surface area contributed by atoms with E-state index in [1.807, 2.05) is 6.07 Å². The van der Waals surface area contributed by atoms with Crippen molar-refractivity contribution in [3.63, 3.8) is 0 Å². The fourth-order valence-corrected chi connectivity index (χ4v) is 4.12. The first-order valence-electron chi connectivity index (χ1n) is 5.63. The van der Waals surface area contributed by atoms with Gasteiger partial charge in [0.2, 0.25) is 10.0 Å². The molecule has 6 nitrogen and oxygen atoms in total. The van der Waals surface area contributed by atoms with Crippen LogP contribution >= 0.6 is 0 Å². The van der Waals surface area contributed by atoms with Crippen LogP contribution < -0.4 is 10.0 Å². The lowest BCUT2D eigenvalue weighted by Gasteiger charge is -2.09. The van der Waals surface area contributed by atoms with Crippen molar-refractivity contribution in [3.05, 3.63) is 29.8 Å². The van der Waals surface area contributed by atoms with Crippen LogP contribution in [0.4, 0.5) is 5.69 Å². The number of hydrogen-bond donors (Lipinski definition) is 2. The Morgan fingerprint density at radius 2 is 1.79 bits per heavy atom. The quantitative estimate of drug-likeness (QED) is 0.750. The molecular weight excluding hydrogens is 288 g/mol. The lowest BCUT2D eigenvalue weighted by atomic mass is 10.2. The monoisotopic (exact) mass is 306 g/mol. The molecule has 0 aromatic heterocycles. The van der Waals surface area contributed by atoms with E-state index in [0.29, 0.717) is 12.2 Å². The molecule has 0 spiro atoms. The van der Waals surface area contributed by atoms with Crippen molar-refractivity contribution >= 4 is 25.5 Å². The van der Waals surface area contributed by atoms with Crippen molar-refractivity contribution in [1.29, 1.82) is 0 Å². The third-order valence-electron chi connectivity index (χ3n) is 2.30. The predicted molar refractivity (Wildman–Crippen MR) is 76.3 cm³/mol. The molecule has 0 aliphatic rings. The van der Waals surface area contributed by atoms with Gasteiger partial charge in [-0.2, -0.15) is 0 Å². The Hall–Kier alpha value is -1.12. The van der Waals surface area contributed by atoms with Crippen molar-refractivity contribution in [2.45, 2.75) is 6.54 Å². The molecule has 0 aliphatic carbocycles. The summed E-state index contributed by atoms with van der Waals surface area (Å²) in [6.45, 7) is 0.624. The van der Waals surface area contributed by atoms with E-state index in [-0.39, 0.29) is 0 Å². The molecule has 1 aromatic carbocycles. The number of sulfonamides is 1. The highest BCUT2D eigenvalue weighted by Crippen LogP contribution is 2.12. The van der Waals surface area contributed by atoms with E-state index < -0.39 is 31.4 Å². The number of benzene rings is 1. The van der Waals surface area contributed by atoms with Gasteiger partial charge >= 0.3 is 0 Å². The van der Waals surface area contributed by atoms with Crippen LogP contribution in [-0.2, 0) is 26.4 Å². The van der Waals surface area contributed by atoms with Gasteiger partial charge in [0.25, 0.3) is 0 Å². The van der Waals surface area contributed by atoms with Crippen LogP contribution in [0.2, 0.25) is 0 Å². The predicted octanol–water partition coefficient (Wildman–Crippen LogP) is 0.192. The minimum atomic E-state index is -3.65. The normalized spacial score (nSPS) is 12.3. The summed E-state index contributed by atoms with van der Waals surface area (Å²) in [7, 11) is -5.15. The molecule has 0 fully saturated rings. The van der Waals surface area contributed by atoms with Crippen LogP contribution in [0.3, 0.4) is 0 Å². The molecule has 0 radical (unpaired) electrons. The lowest BCUT2D eigenvalue weighted by Crippen LogP contribution is -2.22. The highest BCUT2D eigenvalue weighted by atomic mass is 32.2. The van der Waals surface area contributed by atoms with E-state index in [2.05, 4.69) is 10.0 Å². The molecule has 0 heterocycles. The van der Waals surface area contributed by atoms with Crippen LogP contribution in [0.1, 0.15) is 5.56 Å². The second kappa shape index (κ2) is 6.36. The van der Waals surface area contributed by atoms with Gasteiger partial charge < -0.3 is 5.32 Å². The molecule has 1 rings (SSSR count). The molecule has 0 saturated carbocycles. The molecule has 0 saturated heterocycles. The maximum absolute atomic E-state index is 11.7. The SMILES string of the molecule is CNCc1cccc(NS(=O)(=O)CCS(C)(=O)=O)c1. The molecule has 1 aromatic rings. The highest BCUT2D eigenvalue weighted by molar-refractivity contribution is 7.95. The fraction of sp³-hybridized carbons (Fsp3) is 0.455. The average molecular weight is 306 g/mol. The summed E-state index contributed by atoms with van der Waals surface area (Å²) in [6, 6.07) is 6.93. The van der Waals surface area contributed by atoms with Gasteiger partial charge in [-0.05, 0) is 24.7 Å². The summed E-state index contributed by atoms with van der Waals surface area (Å²) < 4.78 is 47.8. The van der Waals surface area contributed by atoms with Gasteiger partial charge in [0.1, 0.15) is 9.84 Å². The Kier molecular flexibility index (Phi) is 5.33. The molecule has 2 N–H and O–H groups in total. The van der Waals surface area contributed by atoms with Crippen molar-refractivity contribution in [2.75, 3.05) is 29.5 Å². The van der Waals surface area contributed by atoms with Crippen LogP contribution in [0, 0.1) is 0 Å². The first kappa shape index (κ1) is 15.9. The van der Waals surface area contributed by atoms with Gasteiger partial charge in [0.15, 0.2) is 0 Å². The average Bonchev–Trinajstić information content (AvgIpc) is 2.26. The van der Waals surface area contributed by atoms with Crippen LogP contribution in [0.25, 0.3) is 0 Å². The molecule has 0 unspecified atom stereocenters. The van der Waals surface area contributed by atoms with Gasteiger partial charge in [-0.15, -0.1) is 0 Å². The fourth-order valence-electron chi connectivity index (χ4n) is 1.44. The minimum absolute atomic E-state index is 0.390. The van der Waals surface area contributed by atoms with E-state index in [1.165, 1.54) is 0 Å². The van der Waals surface area contributed by atoms with Crippen LogP contribution in [0.15, 0.2) is 24.3 Å². The Bertz CT molecular complexity index is 624. The molecule has 0 aliphatic heterocycles. The standard InChI is InChI=1S/C11H18N2O4S2/c1-12-9-10-4-3-5-11(8-10)13-19(16,17)7-6-18(2,14)15/h3-5,8,12-13H,6-7,9H2,1-2H3. The van der Waals surface area contributed by atoms with Crippen LogP contribution in [-0.4, -0.2) is 41.6 Å². The molecule has 108 valence electrons. The maximum Gasteiger partial charge on any atom is 0.233 e. The lowest BCUT2D eigenvalue weighted by molar-refractivity contribution is 0.593. The van der Waals surface area contributed by atoms with E-state index in [9.17, 15) is 16.8 Å². The summed E-state index contributed by atoms with van der Waals surface area (Å²) in [6.07, 6.45) is 1.01. The largest absolute Gasteiger partial charge is 0.316 e. The van der Waals surface area contributed by atoms with E-state index in [4.69, 9.17) is 0 Å². The van der Waals surface area contributed by atoms with Gasteiger partial charge in [-0.1, -0.05) is 12.1 Å². The zero-order valence-corrected chi connectivity index (χ0v) is 12.5. The van der Waals surface area contributed by atoms with Crippen molar-refractivity contribution in [2.24, 2.45) is 0 Å². The van der Waals surface area contributed by atoms with Gasteiger partial charge in [0.05, 0.1) is 11.5 Å². The minimum Gasteiger partial charge on any atom is -0.316 e. The Balaban J connectivity index is 2.75. The molecule has 0 amide bonds. The summed E-state index contributed by atoms with van der Waals surface area (Å²) in [5, 5.41) is 2.96.